The number of aromatic nitrogens is 3. The number of halogens is 3. The monoisotopic (exact) mass is 622 g/mol. The molecule has 2 N–H and O–H groups in total. The van der Waals surface area contributed by atoms with Gasteiger partial charge in [-0.1, -0.05) is 12.8 Å². The van der Waals surface area contributed by atoms with Crippen molar-refractivity contribution in [2.24, 2.45) is 7.05 Å². The van der Waals surface area contributed by atoms with Crippen LogP contribution in [0.5, 0.6) is 0 Å². The lowest BCUT2D eigenvalue weighted by atomic mass is 9.61. The van der Waals surface area contributed by atoms with E-state index in [1.165, 1.54) is 11.0 Å². The second kappa shape index (κ2) is 11.1. The van der Waals surface area contributed by atoms with E-state index >= 15 is 0 Å². The maximum absolute atomic E-state index is 14.5. The number of amides is 1. The molecule has 4 aliphatic rings. The van der Waals surface area contributed by atoms with Crippen molar-refractivity contribution in [3.05, 3.63) is 70.3 Å². The van der Waals surface area contributed by atoms with Gasteiger partial charge < -0.3 is 24.8 Å². The molecule has 11 heteroatoms. The number of rotatable bonds is 9. The number of anilines is 2. The fourth-order valence-electron chi connectivity index (χ4n) is 7.81. The summed E-state index contributed by atoms with van der Waals surface area (Å²) < 4.78 is 51.0. The highest BCUT2D eigenvalue weighted by Crippen LogP contribution is 2.51. The number of aryl methyl sites for hydroxylation is 1. The third kappa shape index (κ3) is 5.41. The summed E-state index contributed by atoms with van der Waals surface area (Å²) in [6.07, 6.45) is 6.01. The van der Waals surface area contributed by atoms with Gasteiger partial charge in [-0.05, 0) is 98.9 Å². The number of hydrogen-bond acceptors (Lipinski definition) is 6. The van der Waals surface area contributed by atoms with Gasteiger partial charge in [-0.2, -0.15) is 13.2 Å². The number of nitrogens with zero attached hydrogens (tertiary/aromatic N) is 4. The Morgan fingerprint density at radius 3 is 2.44 bits per heavy atom. The molecule has 1 amide bonds. The second-order valence-corrected chi connectivity index (χ2v) is 13.8. The molecule has 0 unspecified atom stereocenters. The summed E-state index contributed by atoms with van der Waals surface area (Å²) in [4.78, 5) is 15.6. The van der Waals surface area contributed by atoms with Crippen molar-refractivity contribution < 1.29 is 22.7 Å². The van der Waals surface area contributed by atoms with Gasteiger partial charge in [-0.3, -0.25) is 4.79 Å². The maximum atomic E-state index is 14.5. The molecule has 2 aromatic carbocycles. The zero-order valence-corrected chi connectivity index (χ0v) is 26.1. The normalized spacial score (nSPS) is 24.4. The molecule has 0 bridgehead atoms. The van der Waals surface area contributed by atoms with Crippen molar-refractivity contribution in [3.8, 4) is 0 Å². The van der Waals surface area contributed by atoms with Crippen LogP contribution >= 0.6 is 0 Å². The smallest absolute Gasteiger partial charge is 0.382 e. The van der Waals surface area contributed by atoms with Crippen LogP contribution in [-0.4, -0.2) is 45.5 Å². The summed E-state index contributed by atoms with van der Waals surface area (Å²) in [5.41, 5.74) is 1.71. The first kappa shape index (κ1) is 30.2. The highest BCUT2D eigenvalue weighted by atomic mass is 19.4. The zero-order chi connectivity index (χ0) is 31.6. The molecule has 8 nitrogen and oxygen atoms in total. The lowest BCUT2D eigenvalue weighted by molar-refractivity contribution is -0.138. The van der Waals surface area contributed by atoms with E-state index in [1.54, 1.807) is 19.5 Å². The molecular formula is C34H41F3N6O2. The summed E-state index contributed by atoms with van der Waals surface area (Å²) >= 11 is 0. The van der Waals surface area contributed by atoms with Gasteiger partial charge >= 0.3 is 6.18 Å². The number of fused-ring (bicyclic) bond motifs is 1. The number of nitrogens with one attached hydrogen (secondary N) is 2. The van der Waals surface area contributed by atoms with Crippen LogP contribution in [0.4, 0.5) is 24.5 Å². The van der Waals surface area contributed by atoms with E-state index in [2.05, 4.69) is 33.8 Å². The van der Waals surface area contributed by atoms with Gasteiger partial charge in [0.25, 0.3) is 5.91 Å². The topological polar surface area (TPSA) is 84.3 Å². The van der Waals surface area contributed by atoms with Crippen LogP contribution in [0.25, 0.3) is 0 Å². The lowest BCUT2D eigenvalue weighted by Gasteiger charge is -2.46. The molecule has 0 radical (unpaired) electrons. The van der Waals surface area contributed by atoms with Crippen LogP contribution in [0.15, 0.2) is 36.7 Å². The third-order valence-corrected chi connectivity index (χ3v) is 10.7. The predicted octanol–water partition coefficient (Wildman–Crippen LogP) is 6.48. The van der Waals surface area contributed by atoms with Crippen LogP contribution in [0, 0.1) is 0 Å². The first-order chi connectivity index (χ1) is 21.5. The number of hydrogen-bond donors (Lipinski definition) is 2. The molecule has 3 aromatic rings. The molecule has 240 valence electrons. The highest BCUT2D eigenvalue weighted by Gasteiger charge is 2.51. The van der Waals surface area contributed by atoms with Crippen molar-refractivity contribution in [1.82, 2.24) is 20.1 Å². The number of carbonyl (C=O) groups excluding carboxylic acids is 1. The molecule has 45 heavy (non-hydrogen) atoms. The molecule has 1 aliphatic heterocycles. The minimum Gasteiger partial charge on any atom is -0.382 e. The SMILES string of the molecule is CO[C@H]1C[C@@](c2cc(NC3CCCC3)cc(N3Cc4c(cc(CNC5(C)CCC5)cc4C(F)(F)F)C3=O)c2)(c2nncn2C)C1. The minimum absolute atomic E-state index is 0.0351. The van der Waals surface area contributed by atoms with E-state index in [0.717, 1.165) is 62.0 Å². The molecule has 0 saturated heterocycles. The Balaban J connectivity index is 1.28. The Labute approximate surface area is 261 Å². The molecule has 3 fully saturated rings. The third-order valence-electron chi connectivity index (χ3n) is 10.7. The number of carbonyl (C=O) groups is 1. The maximum Gasteiger partial charge on any atom is 0.416 e. The van der Waals surface area contributed by atoms with Crippen molar-refractivity contribution >= 4 is 17.3 Å². The lowest BCUT2D eigenvalue weighted by Crippen LogP contribution is -2.48. The minimum atomic E-state index is -4.58. The Bertz CT molecular complexity index is 1600. The van der Waals surface area contributed by atoms with Crippen LogP contribution in [0.2, 0.25) is 0 Å². The molecule has 3 saturated carbocycles. The number of benzene rings is 2. The van der Waals surface area contributed by atoms with Gasteiger partial charge in [0.05, 0.1) is 23.6 Å². The van der Waals surface area contributed by atoms with E-state index in [1.807, 2.05) is 23.7 Å². The van der Waals surface area contributed by atoms with E-state index in [0.29, 0.717) is 30.1 Å². The predicted molar refractivity (Wildman–Crippen MR) is 165 cm³/mol. The largest absolute Gasteiger partial charge is 0.416 e. The first-order valence-corrected chi connectivity index (χ1v) is 16.1. The molecule has 1 aromatic heterocycles. The number of ether oxygens (including phenoxy) is 1. The van der Waals surface area contributed by atoms with Gasteiger partial charge in [0.2, 0.25) is 0 Å². The van der Waals surface area contributed by atoms with Gasteiger partial charge in [0, 0.05) is 49.2 Å². The van der Waals surface area contributed by atoms with Gasteiger partial charge in [-0.25, -0.2) is 0 Å². The van der Waals surface area contributed by atoms with Crippen molar-refractivity contribution in [3.63, 3.8) is 0 Å². The Morgan fingerprint density at radius 1 is 1.07 bits per heavy atom. The standard InChI is InChI=1S/C34H41F3N6O2/c1-32(9-6-10-32)38-18-21-11-27-28(29(12-21)34(35,36)37)19-43(30(27)44)25-14-22(13-24(15-25)40-23-7-4-5-8-23)33(16-26(17-33)45-3)31-41-39-20-42(31)2/h11-15,20,23,26,38,40H,4-10,16-19H2,1-3H3/t26-,33+. The second-order valence-electron chi connectivity index (χ2n) is 13.8. The van der Waals surface area contributed by atoms with Crippen molar-refractivity contribution in [2.45, 2.75) is 107 Å². The Morgan fingerprint density at radius 2 is 1.82 bits per heavy atom. The molecule has 3 aliphatic carbocycles. The van der Waals surface area contributed by atoms with Crippen LogP contribution in [-0.2, 0) is 36.5 Å². The van der Waals surface area contributed by atoms with E-state index in [-0.39, 0.29) is 35.9 Å². The molecular weight excluding hydrogens is 581 g/mol. The van der Waals surface area contributed by atoms with Crippen LogP contribution in [0.1, 0.15) is 103 Å². The zero-order valence-electron chi connectivity index (χ0n) is 26.1. The summed E-state index contributed by atoms with van der Waals surface area (Å²) in [5.74, 6) is 0.389. The highest BCUT2D eigenvalue weighted by molar-refractivity contribution is 6.10. The summed E-state index contributed by atoms with van der Waals surface area (Å²) in [7, 11) is 3.61. The molecule has 0 spiro atoms. The molecule has 7 rings (SSSR count). The van der Waals surface area contributed by atoms with E-state index < -0.39 is 23.1 Å². The number of methoxy groups -OCH3 is 1. The fraction of sp³-hybridized carbons (Fsp3) is 0.559. The average molecular weight is 623 g/mol. The summed E-state index contributed by atoms with van der Waals surface area (Å²) in [5, 5.41) is 15.7. The van der Waals surface area contributed by atoms with Gasteiger partial charge in [0.1, 0.15) is 12.2 Å². The molecule has 2 heterocycles. The quantitative estimate of drug-likeness (QED) is 0.285. The summed E-state index contributed by atoms with van der Waals surface area (Å²) in [6, 6.07) is 9.16. The Kier molecular flexibility index (Phi) is 7.47. The van der Waals surface area contributed by atoms with Gasteiger partial charge in [-0.15, -0.1) is 10.2 Å². The number of alkyl halides is 3. The molecule has 0 atom stereocenters. The Hall–Kier alpha value is -3.44. The first-order valence-electron chi connectivity index (χ1n) is 16.1. The van der Waals surface area contributed by atoms with Crippen molar-refractivity contribution in [2.75, 3.05) is 17.3 Å². The fourth-order valence-corrected chi connectivity index (χ4v) is 7.81. The van der Waals surface area contributed by atoms with Crippen LogP contribution < -0.4 is 15.5 Å². The van der Waals surface area contributed by atoms with Crippen molar-refractivity contribution in [1.29, 1.82) is 0 Å². The summed E-state index contributed by atoms with van der Waals surface area (Å²) in [6.45, 7) is 2.24. The average Bonchev–Trinajstić information content (AvgIpc) is 3.71. The van der Waals surface area contributed by atoms with Crippen LogP contribution in [0.3, 0.4) is 0 Å². The van der Waals surface area contributed by atoms with Gasteiger partial charge in [0.15, 0.2) is 0 Å². The van der Waals surface area contributed by atoms with E-state index in [4.69, 9.17) is 4.74 Å². The van der Waals surface area contributed by atoms with E-state index in [9.17, 15) is 18.0 Å².